The second-order valence-electron chi connectivity index (χ2n) is 5.97. The Bertz CT molecular complexity index is 897. The molecule has 0 aliphatic carbocycles. The molecule has 0 unspecified atom stereocenters. The quantitative estimate of drug-likeness (QED) is 0.629. The van der Waals surface area contributed by atoms with Crippen molar-refractivity contribution in [2.75, 3.05) is 26.9 Å². The molecule has 2 aromatic rings. The average molecular weight is 395 g/mol. The van der Waals surface area contributed by atoms with Crippen molar-refractivity contribution in [2.45, 2.75) is 12.5 Å². The van der Waals surface area contributed by atoms with E-state index in [0.717, 1.165) is 5.56 Å². The SMILES string of the molecule is C#CCOc1ccc(CCNC(=O)[C@@H](OCC#C)c2ccc(F)cc2)cc1OC. The molecule has 0 bridgehead atoms. The van der Waals surface area contributed by atoms with E-state index in [1.165, 1.54) is 24.3 Å². The normalized spacial score (nSPS) is 11.0. The van der Waals surface area contributed by atoms with Gasteiger partial charge >= 0.3 is 0 Å². The molecule has 2 aromatic carbocycles. The van der Waals surface area contributed by atoms with Gasteiger partial charge in [-0.05, 0) is 41.8 Å². The lowest BCUT2D eigenvalue weighted by atomic mass is 10.1. The summed E-state index contributed by atoms with van der Waals surface area (Å²) >= 11 is 0. The second kappa shape index (κ2) is 11.4. The van der Waals surface area contributed by atoms with Gasteiger partial charge in [-0.25, -0.2) is 4.39 Å². The monoisotopic (exact) mass is 395 g/mol. The Labute approximate surface area is 170 Å². The molecule has 5 nitrogen and oxygen atoms in total. The maximum absolute atomic E-state index is 13.1. The van der Waals surface area contributed by atoms with E-state index in [2.05, 4.69) is 17.2 Å². The Balaban J connectivity index is 1.98. The highest BCUT2D eigenvalue weighted by Gasteiger charge is 2.21. The third kappa shape index (κ3) is 6.57. The minimum Gasteiger partial charge on any atom is -0.493 e. The summed E-state index contributed by atoms with van der Waals surface area (Å²) in [4.78, 5) is 12.6. The van der Waals surface area contributed by atoms with Crippen molar-refractivity contribution in [1.29, 1.82) is 0 Å². The first-order valence-corrected chi connectivity index (χ1v) is 8.90. The summed E-state index contributed by atoms with van der Waals surface area (Å²) in [6, 6.07) is 11.0. The molecule has 0 saturated carbocycles. The van der Waals surface area contributed by atoms with Gasteiger partial charge in [-0.3, -0.25) is 4.79 Å². The van der Waals surface area contributed by atoms with Gasteiger partial charge in [0.25, 0.3) is 5.91 Å². The van der Waals surface area contributed by atoms with E-state index in [4.69, 9.17) is 27.1 Å². The number of hydrogen-bond donors (Lipinski definition) is 1. The van der Waals surface area contributed by atoms with Gasteiger partial charge in [-0.1, -0.05) is 30.0 Å². The van der Waals surface area contributed by atoms with Crippen molar-refractivity contribution in [1.82, 2.24) is 5.32 Å². The Kier molecular flexibility index (Phi) is 8.56. The van der Waals surface area contributed by atoms with Gasteiger partial charge in [0.1, 0.15) is 19.0 Å². The van der Waals surface area contributed by atoms with Crippen LogP contribution in [0, 0.1) is 30.5 Å². The number of amides is 1. The lowest BCUT2D eigenvalue weighted by Gasteiger charge is -2.17. The smallest absolute Gasteiger partial charge is 0.253 e. The fourth-order valence-electron chi connectivity index (χ4n) is 2.62. The highest BCUT2D eigenvalue weighted by atomic mass is 19.1. The summed E-state index contributed by atoms with van der Waals surface area (Å²) in [6.45, 7) is 0.476. The molecule has 0 aromatic heterocycles. The number of hydrogen-bond acceptors (Lipinski definition) is 4. The third-order valence-corrected chi connectivity index (χ3v) is 4.00. The van der Waals surface area contributed by atoms with E-state index in [9.17, 15) is 9.18 Å². The van der Waals surface area contributed by atoms with Crippen LogP contribution < -0.4 is 14.8 Å². The molecule has 0 fully saturated rings. The van der Waals surface area contributed by atoms with Crippen molar-refractivity contribution in [3.63, 3.8) is 0 Å². The Morgan fingerprint density at radius 1 is 1.10 bits per heavy atom. The van der Waals surface area contributed by atoms with E-state index >= 15 is 0 Å². The Morgan fingerprint density at radius 2 is 1.83 bits per heavy atom. The summed E-state index contributed by atoms with van der Waals surface area (Å²) in [6.07, 6.45) is 10.1. The second-order valence-corrected chi connectivity index (χ2v) is 5.97. The Morgan fingerprint density at radius 3 is 2.48 bits per heavy atom. The van der Waals surface area contributed by atoms with E-state index in [0.29, 0.717) is 30.0 Å². The molecule has 1 amide bonds. The van der Waals surface area contributed by atoms with Crippen LogP contribution in [0.25, 0.3) is 0 Å². The minimum absolute atomic E-state index is 0.0359. The minimum atomic E-state index is -0.916. The molecule has 29 heavy (non-hydrogen) atoms. The number of benzene rings is 2. The van der Waals surface area contributed by atoms with E-state index in [1.54, 1.807) is 13.2 Å². The lowest BCUT2D eigenvalue weighted by molar-refractivity contribution is -0.132. The maximum Gasteiger partial charge on any atom is 0.253 e. The van der Waals surface area contributed by atoms with Gasteiger partial charge in [-0.15, -0.1) is 12.8 Å². The van der Waals surface area contributed by atoms with Gasteiger partial charge in [0, 0.05) is 6.54 Å². The molecule has 1 atom stereocenters. The van der Waals surface area contributed by atoms with Crippen molar-refractivity contribution in [3.05, 3.63) is 59.4 Å². The van der Waals surface area contributed by atoms with Crippen LogP contribution in [0.2, 0.25) is 0 Å². The molecule has 1 N–H and O–H groups in total. The topological polar surface area (TPSA) is 56.8 Å². The number of rotatable bonds is 10. The first-order chi connectivity index (χ1) is 14.1. The summed E-state index contributed by atoms with van der Waals surface area (Å²) in [7, 11) is 1.54. The fraction of sp³-hybridized carbons (Fsp3) is 0.261. The number of carbonyl (C=O) groups is 1. The number of halogens is 1. The zero-order chi connectivity index (χ0) is 21.1. The summed E-state index contributed by atoms with van der Waals surface area (Å²) < 4.78 is 29.3. The summed E-state index contributed by atoms with van der Waals surface area (Å²) in [5.41, 5.74) is 1.47. The molecule has 0 radical (unpaired) electrons. The third-order valence-electron chi connectivity index (χ3n) is 4.00. The van der Waals surface area contributed by atoms with Crippen LogP contribution in [-0.4, -0.2) is 32.8 Å². The average Bonchev–Trinajstić information content (AvgIpc) is 2.74. The van der Waals surface area contributed by atoms with Gasteiger partial charge in [-0.2, -0.15) is 0 Å². The molecule has 2 rings (SSSR count). The zero-order valence-corrected chi connectivity index (χ0v) is 16.1. The number of ether oxygens (including phenoxy) is 3. The molecule has 6 heteroatoms. The summed E-state index contributed by atoms with van der Waals surface area (Å²) in [5, 5.41) is 2.81. The van der Waals surface area contributed by atoms with Crippen LogP contribution in [0.15, 0.2) is 42.5 Å². The molecular formula is C23H22FNO4. The van der Waals surface area contributed by atoms with Gasteiger partial charge in [0.2, 0.25) is 0 Å². The number of carbonyl (C=O) groups excluding carboxylic acids is 1. The van der Waals surface area contributed by atoms with Crippen LogP contribution in [0.3, 0.4) is 0 Å². The van der Waals surface area contributed by atoms with Crippen LogP contribution in [0.1, 0.15) is 17.2 Å². The highest BCUT2D eigenvalue weighted by Crippen LogP contribution is 2.28. The molecule has 0 spiro atoms. The number of terminal acetylenes is 2. The first kappa shape index (κ1) is 21.8. The molecule has 0 aliphatic heterocycles. The largest absolute Gasteiger partial charge is 0.493 e. The predicted molar refractivity (Wildman–Crippen MR) is 108 cm³/mol. The van der Waals surface area contributed by atoms with Crippen molar-refractivity contribution in [3.8, 4) is 36.2 Å². The number of methoxy groups -OCH3 is 1. The van der Waals surface area contributed by atoms with Crippen molar-refractivity contribution >= 4 is 5.91 Å². The Hall–Kier alpha value is -3.48. The zero-order valence-electron chi connectivity index (χ0n) is 16.1. The maximum atomic E-state index is 13.1. The molecule has 150 valence electrons. The van der Waals surface area contributed by atoms with Crippen LogP contribution in [0.5, 0.6) is 11.5 Å². The first-order valence-electron chi connectivity index (χ1n) is 8.90. The van der Waals surface area contributed by atoms with E-state index in [-0.39, 0.29) is 19.1 Å². The van der Waals surface area contributed by atoms with E-state index < -0.39 is 11.9 Å². The highest BCUT2D eigenvalue weighted by molar-refractivity contribution is 5.82. The van der Waals surface area contributed by atoms with Crippen molar-refractivity contribution < 1.29 is 23.4 Å². The molecule has 0 saturated heterocycles. The van der Waals surface area contributed by atoms with Gasteiger partial charge in [0.15, 0.2) is 17.6 Å². The number of nitrogens with one attached hydrogen (secondary N) is 1. The molecular weight excluding hydrogens is 373 g/mol. The lowest BCUT2D eigenvalue weighted by Crippen LogP contribution is -2.32. The summed E-state index contributed by atoms with van der Waals surface area (Å²) in [5.74, 6) is 5.10. The van der Waals surface area contributed by atoms with Crippen molar-refractivity contribution in [2.24, 2.45) is 0 Å². The van der Waals surface area contributed by atoms with Gasteiger partial charge in [0.05, 0.1) is 7.11 Å². The van der Waals surface area contributed by atoms with Crippen LogP contribution >= 0.6 is 0 Å². The molecule has 0 aliphatic rings. The predicted octanol–water partition coefficient (Wildman–Crippen LogP) is 2.90. The van der Waals surface area contributed by atoms with E-state index in [1.807, 2.05) is 12.1 Å². The van der Waals surface area contributed by atoms with Crippen LogP contribution in [-0.2, 0) is 16.0 Å². The van der Waals surface area contributed by atoms with Gasteiger partial charge < -0.3 is 19.5 Å². The van der Waals surface area contributed by atoms with Crippen LogP contribution in [0.4, 0.5) is 4.39 Å². The standard InChI is InChI=1S/C23H22FNO4/c1-4-14-28-20-11-6-17(16-21(20)27-3)12-13-25-23(26)22(29-15-5-2)18-7-9-19(24)10-8-18/h1-2,6-11,16,22H,12-15H2,3H3,(H,25,26)/t22-/m0/s1. The fourth-order valence-corrected chi connectivity index (χ4v) is 2.62. The molecule has 0 heterocycles.